The number of nitrogens with zero attached hydrogens (tertiary/aromatic N) is 1. The third-order valence-electron chi connectivity index (χ3n) is 1.16. The van der Waals surface area contributed by atoms with Crippen LogP contribution in [0.3, 0.4) is 0 Å². The fourth-order valence-electron chi connectivity index (χ4n) is 0.680. The molecule has 0 aliphatic carbocycles. The van der Waals surface area contributed by atoms with Crippen molar-refractivity contribution in [3.8, 4) is 0 Å². The average molecular weight is 148 g/mol. The molecular weight excluding hydrogens is 138 g/mol. The molecule has 0 aromatic carbocycles. The molecule has 1 aromatic rings. The molecule has 1 aromatic heterocycles. The summed E-state index contributed by atoms with van der Waals surface area (Å²) >= 11 is 0. The molecule has 0 saturated carbocycles. The highest BCUT2D eigenvalue weighted by Gasteiger charge is 1.89. The van der Waals surface area contributed by atoms with Crippen molar-refractivity contribution in [3.63, 3.8) is 0 Å². The summed E-state index contributed by atoms with van der Waals surface area (Å²) in [4.78, 5) is 3.96. The minimum atomic E-state index is 0.733. The molecule has 1 heterocycles. The lowest BCUT2D eigenvalue weighted by molar-refractivity contribution is 0.509. The first kappa shape index (κ1) is 7.79. The van der Waals surface area contributed by atoms with E-state index in [-0.39, 0.29) is 0 Å². The topological polar surface area (TPSA) is 26.0 Å². The van der Waals surface area contributed by atoms with Crippen LogP contribution < -0.4 is 0 Å². The highest BCUT2D eigenvalue weighted by Crippen LogP contribution is 1.95. The van der Waals surface area contributed by atoms with Crippen LogP contribution in [0.4, 0.5) is 0 Å². The van der Waals surface area contributed by atoms with E-state index in [0.29, 0.717) is 0 Å². The van der Waals surface area contributed by atoms with Gasteiger partial charge in [0.2, 0.25) is 0 Å². The maximum Gasteiger partial charge on any atom is 0.197 e. The first-order valence-corrected chi connectivity index (χ1v) is 3.43. The molecule has 57 valence electrons. The third kappa shape index (κ3) is 2.85. The molecule has 0 saturated heterocycles. The largest absolute Gasteiger partial charge is 0.449 e. The van der Waals surface area contributed by atoms with Crippen LogP contribution in [0.25, 0.3) is 0 Å². The molecule has 0 amide bonds. The van der Waals surface area contributed by atoms with Crippen LogP contribution in [0.5, 0.6) is 0 Å². The number of allylic oxidation sites excluding steroid dienone is 4. The number of hydrogen-bond acceptors (Lipinski definition) is 2. The van der Waals surface area contributed by atoms with Crippen LogP contribution in [0, 0.1) is 6.92 Å². The maximum atomic E-state index is 5.01. The van der Waals surface area contributed by atoms with Gasteiger partial charge in [-0.15, -0.1) is 0 Å². The number of rotatable bonds is 3. The Balaban J connectivity index is 2.34. The predicted molar refractivity (Wildman–Crippen MR) is 43.8 cm³/mol. The molecule has 2 nitrogen and oxygen atoms in total. The lowest BCUT2D eigenvalue weighted by Crippen LogP contribution is -1.77. The summed E-state index contributed by atoms with van der Waals surface area (Å²) in [5, 5.41) is 0. The average Bonchev–Trinajstić information content (AvgIpc) is 2.50. The fraction of sp³-hybridized carbons (Fsp3) is 0.111. The Morgan fingerprint density at radius 3 is 3.09 bits per heavy atom. The second-order valence-electron chi connectivity index (χ2n) is 1.99. The smallest absolute Gasteiger partial charge is 0.197 e. The van der Waals surface area contributed by atoms with Crippen LogP contribution >= 0.6 is 0 Å². The normalized spacial score (nSPS) is 11.7. The summed E-state index contributed by atoms with van der Waals surface area (Å²) in [5.74, 6) is 0.735. The van der Waals surface area contributed by atoms with Crippen LogP contribution in [0.2, 0.25) is 0 Å². The molecule has 0 bridgehead atoms. The van der Waals surface area contributed by atoms with Crippen molar-refractivity contribution in [1.29, 1.82) is 0 Å². The second kappa shape index (κ2) is 4.50. The van der Waals surface area contributed by atoms with E-state index in [0.717, 1.165) is 12.3 Å². The molecule has 0 aliphatic rings. The Bertz CT molecular complexity index is 234. The maximum absolute atomic E-state index is 5.01. The van der Waals surface area contributed by atoms with Gasteiger partial charge in [0.05, 0.1) is 6.20 Å². The zero-order valence-electron chi connectivity index (χ0n) is 6.23. The lowest BCUT2D eigenvalue weighted by Gasteiger charge is -1.82. The predicted octanol–water partition coefficient (Wildman–Crippen LogP) is 2.16. The Morgan fingerprint density at radius 1 is 1.55 bits per heavy atom. The third-order valence-corrected chi connectivity index (χ3v) is 1.16. The number of oxazole rings is 1. The summed E-state index contributed by atoms with van der Waals surface area (Å²) in [6.07, 6.45) is 11.4. The van der Waals surface area contributed by atoms with E-state index in [1.165, 1.54) is 0 Å². The first-order chi connectivity index (χ1) is 5.43. The molecule has 0 aliphatic heterocycles. The molecule has 1 radical (unpaired) electrons. The van der Waals surface area contributed by atoms with Crippen molar-refractivity contribution in [2.45, 2.75) is 6.42 Å². The number of hydrogen-bond donors (Lipinski definition) is 0. The SMILES string of the molecule is [CH2]C=CC=CCc1ncco1. The van der Waals surface area contributed by atoms with Crippen molar-refractivity contribution in [2.24, 2.45) is 0 Å². The molecule has 11 heavy (non-hydrogen) atoms. The van der Waals surface area contributed by atoms with E-state index >= 15 is 0 Å². The summed E-state index contributed by atoms with van der Waals surface area (Å²) in [7, 11) is 0. The molecule has 1 rings (SSSR count). The summed E-state index contributed by atoms with van der Waals surface area (Å²) in [6, 6.07) is 0. The molecule has 2 heteroatoms. The quantitative estimate of drug-likeness (QED) is 0.614. The van der Waals surface area contributed by atoms with Gasteiger partial charge in [0.1, 0.15) is 6.26 Å². The van der Waals surface area contributed by atoms with Gasteiger partial charge in [0, 0.05) is 6.42 Å². The van der Waals surface area contributed by atoms with E-state index in [9.17, 15) is 0 Å². The summed E-state index contributed by atoms with van der Waals surface area (Å²) in [5.41, 5.74) is 0. The highest BCUT2D eigenvalue weighted by molar-refractivity contribution is 5.05. The van der Waals surface area contributed by atoms with Gasteiger partial charge in [-0.2, -0.15) is 0 Å². The van der Waals surface area contributed by atoms with Gasteiger partial charge in [-0.1, -0.05) is 24.3 Å². The molecule has 0 unspecified atom stereocenters. The Kier molecular flexibility index (Phi) is 3.19. The molecular formula is C9H10NO. The van der Waals surface area contributed by atoms with Crippen molar-refractivity contribution < 1.29 is 4.42 Å². The van der Waals surface area contributed by atoms with Crippen LogP contribution in [0.1, 0.15) is 5.89 Å². The molecule has 0 fully saturated rings. The minimum absolute atomic E-state index is 0.733. The molecule has 0 spiro atoms. The van der Waals surface area contributed by atoms with Crippen molar-refractivity contribution >= 4 is 0 Å². The van der Waals surface area contributed by atoms with Crippen LogP contribution in [0.15, 0.2) is 41.2 Å². The van der Waals surface area contributed by atoms with Crippen LogP contribution in [-0.2, 0) is 6.42 Å². The lowest BCUT2D eigenvalue weighted by atomic mass is 10.3. The fourth-order valence-corrected chi connectivity index (χ4v) is 0.680. The van der Waals surface area contributed by atoms with Crippen molar-refractivity contribution in [3.05, 3.63) is 49.6 Å². The van der Waals surface area contributed by atoms with Gasteiger partial charge < -0.3 is 4.42 Å². The zero-order valence-corrected chi connectivity index (χ0v) is 6.23. The Hall–Kier alpha value is -1.31. The first-order valence-electron chi connectivity index (χ1n) is 3.43. The molecule has 0 N–H and O–H groups in total. The van der Waals surface area contributed by atoms with E-state index < -0.39 is 0 Å². The number of aromatic nitrogens is 1. The Morgan fingerprint density at radius 2 is 2.45 bits per heavy atom. The van der Waals surface area contributed by atoms with Gasteiger partial charge in [-0.25, -0.2) is 4.98 Å². The monoisotopic (exact) mass is 148 g/mol. The summed E-state index contributed by atoms with van der Waals surface area (Å²) in [6.45, 7) is 3.55. The van der Waals surface area contributed by atoms with E-state index in [1.807, 2.05) is 18.2 Å². The van der Waals surface area contributed by atoms with Crippen LogP contribution in [-0.4, -0.2) is 4.98 Å². The van der Waals surface area contributed by atoms with Crippen molar-refractivity contribution in [2.75, 3.05) is 0 Å². The zero-order chi connectivity index (χ0) is 7.94. The highest BCUT2D eigenvalue weighted by atomic mass is 16.3. The van der Waals surface area contributed by atoms with Gasteiger partial charge in [-0.3, -0.25) is 0 Å². The van der Waals surface area contributed by atoms with Gasteiger partial charge in [0.25, 0.3) is 0 Å². The second-order valence-corrected chi connectivity index (χ2v) is 1.99. The van der Waals surface area contributed by atoms with Gasteiger partial charge in [0.15, 0.2) is 5.89 Å². The summed E-state index contributed by atoms with van der Waals surface area (Å²) < 4.78 is 5.01. The van der Waals surface area contributed by atoms with E-state index in [2.05, 4.69) is 11.9 Å². The van der Waals surface area contributed by atoms with E-state index in [1.54, 1.807) is 18.5 Å². The minimum Gasteiger partial charge on any atom is -0.449 e. The van der Waals surface area contributed by atoms with Gasteiger partial charge >= 0.3 is 0 Å². The molecule has 0 atom stereocenters. The van der Waals surface area contributed by atoms with E-state index in [4.69, 9.17) is 4.42 Å². The van der Waals surface area contributed by atoms with Gasteiger partial charge in [-0.05, 0) is 6.92 Å². The van der Waals surface area contributed by atoms with Crippen molar-refractivity contribution in [1.82, 2.24) is 4.98 Å². The standard InChI is InChI=1S/C9H10NO/c1-2-3-4-5-6-9-10-7-8-11-9/h2-5,7-8H,1,6H2. The Labute approximate surface area is 66.3 Å².